The zero-order valence-electron chi connectivity index (χ0n) is 20.0. The van der Waals surface area contributed by atoms with Gasteiger partial charge in [-0.25, -0.2) is 14.8 Å². The summed E-state index contributed by atoms with van der Waals surface area (Å²) >= 11 is 1.31. The maximum Gasteiger partial charge on any atom is 0.418 e. The van der Waals surface area contributed by atoms with Crippen LogP contribution in [0.3, 0.4) is 0 Å². The van der Waals surface area contributed by atoms with Crippen LogP contribution in [0.1, 0.15) is 19.6 Å². The standard InChI is InChI=1S/C24H21F3N4O5S/c1-23(2,24(25,26)27)19-11-20(31-36-19)30-22(32)35-13-6-5-7-14(8-13)37-21-15-9-17(33-3)18(34-4)10-16(15)28-12-29-21/h5-12H,1-4H3,(H,30,31,32). The summed E-state index contributed by atoms with van der Waals surface area (Å²) in [6, 6.07) is 11.2. The highest BCUT2D eigenvalue weighted by Gasteiger charge is 2.51. The number of rotatable bonds is 7. The van der Waals surface area contributed by atoms with Crippen LogP contribution in [0.4, 0.5) is 23.8 Å². The fourth-order valence-electron chi connectivity index (χ4n) is 3.16. The molecule has 0 radical (unpaired) electrons. The van der Waals surface area contributed by atoms with E-state index in [0.29, 0.717) is 26.9 Å². The second-order valence-electron chi connectivity index (χ2n) is 8.19. The van der Waals surface area contributed by atoms with Crippen molar-refractivity contribution in [2.45, 2.75) is 35.4 Å². The molecule has 9 nitrogen and oxygen atoms in total. The minimum Gasteiger partial charge on any atom is -0.493 e. The van der Waals surface area contributed by atoms with Gasteiger partial charge in [0.1, 0.15) is 22.5 Å². The first kappa shape index (κ1) is 26.1. The third-order valence-corrected chi connectivity index (χ3v) is 6.41. The van der Waals surface area contributed by atoms with Crippen LogP contribution in [0.25, 0.3) is 10.9 Å². The average Bonchev–Trinajstić information content (AvgIpc) is 3.32. The van der Waals surface area contributed by atoms with Crippen LogP contribution in [0.5, 0.6) is 17.2 Å². The monoisotopic (exact) mass is 534 g/mol. The number of alkyl halides is 3. The topological polar surface area (TPSA) is 109 Å². The molecule has 0 unspecified atom stereocenters. The van der Waals surface area contributed by atoms with Crippen LogP contribution < -0.4 is 19.5 Å². The van der Waals surface area contributed by atoms with Gasteiger partial charge in [0.05, 0.1) is 19.7 Å². The second kappa shape index (κ2) is 10.2. The van der Waals surface area contributed by atoms with Crippen molar-refractivity contribution in [3.8, 4) is 17.2 Å². The molecule has 0 bridgehead atoms. The fraction of sp³-hybridized carbons (Fsp3) is 0.250. The first-order valence-electron chi connectivity index (χ1n) is 10.7. The van der Waals surface area contributed by atoms with E-state index in [1.807, 2.05) is 0 Å². The average molecular weight is 535 g/mol. The Labute approximate surface area is 213 Å². The molecule has 1 amide bonds. The Bertz CT molecular complexity index is 1440. The van der Waals surface area contributed by atoms with E-state index < -0.39 is 23.4 Å². The number of anilines is 1. The molecular formula is C24H21F3N4O5S. The number of amides is 1. The van der Waals surface area contributed by atoms with Crippen molar-refractivity contribution in [3.63, 3.8) is 0 Å². The lowest BCUT2D eigenvalue weighted by molar-refractivity contribution is -0.185. The number of methoxy groups -OCH3 is 2. The summed E-state index contributed by atoms with van der Waals surface area (Å²) in [7, 11) is 3.07. The number of hydrogen-bond acceptors (Lipinski definition) is 9. The molecule has 0 spiro atoms. The highest BCUT2D eigenvalue weighted by atomic mass is 32.2. The summed E-state index contributed by atoms with van der Waals surface area (Å²) in [5, 5.41) is 7.11. The molecule has 0 fully saturated rings. The Morgan fingerprint density at radius 3 is 2.46 bits per heavy atom. The molecule has 2 aromatic carbocycles. The Morgan fingerprint density at radius 2 is 1.76 bits per heavy atom. The molecule has 0 aliphatic rings. The lowest BCUT2D eigenvalue weighted by Gasteiger charge is -2.24. The number of benzene rings is 2. The van der Waals surface area contributed by atoms with Crippen molar-refractivity contribution in [1.29, 1.82) is 0 Å². The second-order valence-corrected chi connectivity index (χ2v) is 9.26. The summed E-state index contributed by atoms with van der Waals surface area (Å²) in [4.78, 5) is 21.7. The zero-order valence-corrected chi connectivity index (χ0v) is 20.9. The number of halogens is 3. The number of aromatic nitrogens is 3. The molecule has 0 aliphatic carbocycles. The van der Waals surface area contributed by atoms with Gasteiger partial charge in [-0.2, -0.15) is 13.2 Å². The van der Waals surface area contributed by atoms with Crippen molar-refractivity contribution in [1.82, 2.24) is 15.1 Å². The van der Waals surface area contributed by atoms with E-state index in [0.717, 1.165) is 25.3 Å². The fourth-order valence-corrected chi connectivity index (χ4v) is 4.08. The molecule has 37 heavy (non-hydrogen) atoms. The summed E-state index contributed by atoms with van der Waals surface area (Å²) in [6.45, 7) is 1.90. The molecule has 0 aliphatic heterocycles. The molecule has 1 N–H and O–H groups in total. The van der Waals surface area contributed by atoms with E-state index in [1.165, 1.54) is 32.3 Å². The van der Waals surface area contributed by atoms with Gasteiger partial charge in [-0.1, -0.05) is 23.0 Å². The third-order valence-electron chi connectivity index (χ3n) is 5.40. The number of ether oxygens (including phenoxy) is 3. The van der Waals surface area contributed by atoms with Crippen LogP contribution in [0, 0.1) is 0 Å². The van der Waals surface area contributed by atoms with Crippen LogP contribution >= 0.6 is 11.8 Å². The Kier molecular flexibility index (Phi) is 7.16. The highest BCUT2D eigenvalue weighted by Crippen LogP contribution is 2.41. The molecule has 2 aromatic heterocycles. The number of nitrogens with zero attached hydrogens (tertiary/aromatic N) is 3. The van der Waals surface area contributed by atoms with Gasteiger partial charge in [0.15, 0.2) is 23.1 Å². The minimum absolute atomic E-state index is 0.194. The Hall–Kier alpha value is -4.00. The first-order valence-corrected chi connectivity index (χ1v) is 11.5. The van der Waals surface area contributed by atoms with E-state index in [1.54, 1.807) is 36.4 Å². The quantitative estimate of drug-likeness (QED) is 0.276. The Balaban J connectivity index is 1.48. The van der Waals surface area contributed by atoms with Gasteiger partial charge < -0.3 is 18.7 Å². The number of carbonyl (C=O) groups is 1. The van der Waals surface area contributed by atoms with Crippen molar-refractivity contribution in [2.24, 2.45) is 0 Å². The van der Waals surface area contributed by atoms with Crippen molar-refractivity contribution in [2.75, 3.05) is 19.5 Å². The molecule has 4 rings (SSSR count). The summed E-state index contributed by atoms with van der Waals surface area (Å²) in [6.07, 6.45) is -4.08. The minimum atomic E-state index is -4.56. The van der Waals surface area contributed by atoms with Crippen LogP contribution in [-0.2, 0) is 5.41 Å². The normalized spacial score (nSPS) is 11.9. The number of hydrogen-bond donors (Lipinski definition) is 1. The van der Waals surface area contributed by atoms with Crippen LogP contribution in [-0.4, -0.2) is 41.6 Å². The summed E-state index contributed by atoms with van der Waals surface area (Å²) < 4.78 is 60.4. The largest absolute Gasteiger partial charge is 0.493 e. The van der Waals surface area contributed by atoms with Gasteiger partial charge in [0.25, 0.3) is 0 Å². The molecule has 13 heteroatoms. The van der Waals surface area contributed by atoms with E-state index in [4.69, 9.17) is 18.7 Å². The van der Waals surface area contributed by atoms with Crippen molar-refractivity contribution < 1.29 is 36.7 Å². The Morgan fingerprint density at radius 1 is 1.03 bits per heavy atom. The zero-order chi connectivity index (χ0) is 26.8. The molecule has 0 saturated heterocycles. The lowest BCUT2D eigenvalue weighted by atomic mass is 9.89. The molecular weight excluding hydrogens is 513 g/mol. The lowest BCUT2D eigenvalue weighted by Crippen LogP contribution is -2.35. The van der Waals surface area contributed by atoms with Gasteiger partial charge in [-0.15, -0.1) is 0 Å². The number of nitrogens with one attached hydrogen (secondary N) is 1. The third kappa shape index (κ3) is 5.56. The first-order chi connectivity index (χ1) is 17.5. The maximum atomic E-state index is 13.2. The number of carbonyl (C=O) groups excluding carboxylic acids is 1. The van der Waals surface area contributed by atoms with E-state index in [9.17, 15) is 18.0 Å². The van der Waals surface area contributed by atoms with Gasteiger partial charge in [0, 0.05) is 22.4 Å². The van der Waals surface area contributed by atoms with Crippen molar-refractivity contribution in [3.05, 3.63) is 54.6 Å². The number of fused-ring (bicyclic) bond motifs is 1. The smallest absolute Gasteiger partial charge is 0.418 e. The van der Waals surface area contributed by atoms with E-state index in [2.05, 4.69) is 20.4 Å². The van der Waals surface area contributed by atoms with Gasteiger partial charge in [-0.05, 0) is 38.1 Å². The van der Waals surface area contributed by atoms with E-state index >= 15 is 0 Å². The van der Waals surface area contributed by atoms with Gasteiger partial charge in [0.2, 0.25) is 0 Å². The molecule has 194 valence electrons. The van der Waals surface area contributed by atoms with E-state index in [-0.39, 0.29) is 11.6 Å². The predicted molar refractivity (Wildman–Crippen MR) is 128 cm³/mol. The molecule has 4 aromatic rings. The molecule has 0 saturated carbocycles. The SMILES string of the molecule is COc1cc2ncnc(Sc3cccc(OC(=O)Nc4cc(C(C)(C)C(F)(F)F)on4)c3)c2cc1OC. The van der Waals surface area contributed by atoms with Crippen molar-refractivity contribution >= 4 is 34.6 Å². The summed E-state index contributed by atoms with van der Waals surface area (Å²) in [5.41, 5.74) is -1.63. The molecule has 2 heterocycles. The van der Waals surface area contributed by atoms with Gasteiger partial charge >= 0.3 is 12.3 Å². The van der Waals surface area contributed by atoms with Crippen LogP contribution in [0.15, 0.2) is 63.2 Å². The van der Waals surface area contributed by atoms with Crippen LogP contribution in [0.2, 0.25) is 0 Å². The summed E-state index contributed by atoms with van der Waals surface area (Å²) in [5.74, 6) is 0.599. The predicted octanol–water partition coefficient (Wildman–Crippen LogP) is 6.24. The highest BCUT2D eigenvalue weighted by molar-refractivity contribution is 7.99. The van der Waals surface area contributed by atoms with Gasteiger partial charge in [-0.3, -0.25) is 5.32 Å². The maximum absolute atomic E-state index is 13.2. The molecule has 0 atom stereocenters.